The lowest BCUT2D eigenvalue weighted by molar-refractivity contribution is 0.354. The van der Waals surface area contributed by atoms with Crippen LogP contribution in [0.25, 0.3) is 0 Å². The van der Waals surface area contributed by atoms with E-state index in [0.717, 1.165) is 12.5 Å². The van der Waals surface area contributed by atoms with Crippen molar-refractivity contribution in [2.24, 2.45) is 5.92 Å². The van der Waals surface area contributed by atoms with Crippen LogP contribution in [0, 0.1) is 5.92 Å². The summed E-state index contributed by atoms with van der Waals surface area (Å²) in [5.74, 6) is 1.95. The van der Waals surface area contributed by atoms with Gasteiger partial charge in [-0.05, 0) is 25.7 Å². The average molecular weight is 244 g/mol. The van der Waals surface area contributed by atoms with Gasteiger partial charge in [0.2, 0.25) is 5.89 Å². The fourth-order valence-corrected chi connectivity index (χ4v) is 2.40. The Bertz CT molecular complexity index is 342. The first-order chi connectivity index (χ1) is 7.70. The van der Waals surface area contributed by atoms with Crippen LogP contribution in [-0.4, -0.2) is 28.7 Å². The van der Waals surface area contributed by atoms with Crippen molar-refractivity contribution < 1.29 is 4.42 Å². The Morgan fingerprint density at radius 2 is 2.25 bits per heavy atom. The van der Waals surface area contributed by atoms with E-state index >= 15 is 0 Å². The van der Waals surface area contributed by atoms with Crippen LogP contribution < -0.4 is 4.90 Å². The largest absolute Gasteiger partial charge is 0.408 e. The number of halogens is 1. The molecule has 0 N–H and O–H groups in total. The first-order valence-corrected chi connectivity index (χ1v) is 6.39. The fourth-order valence-electron chi connectivity index (χ4n) is 2.23. The Hall–Kier alpha value is -0.770. The molecule has 2 rings (SSSR count). The smallest absolute Gasteiger partial charge is 0.318 e. The highest BCUT2D eigenvalue weighted by Crippen LogP contribution is 2.26. The highest BCUT2D eigenvalue weighted by Gasteiger charge is 2.26. The molecule has 90 valence electrons. The molecule has 0 aliphatic carbocycles. The van der Waals surface area contributed by atoms with Crippen LogP contribution in [0.3, 0.4) is 0 Å². The second-order valence-corrected chi connectivity index (χ2v) is 4.97. The molecule has 0 bridgehead atoms. The highest BCUT2D eigenvalue weighted by molar-refractivity contribution is 6.17. The molecule has 1 aliphatic heterocycles. The van der Waals surface area contributed by atoms with Gasteiger partial charge in [0.15, 0.2) is 0 Å². The molecular formula is C11H18ClN3O. The number of aromatic nitrogens is 2. The van der Waals surface area contributed by atoms with E-state index in [1.165, 1.54) is 12.8 Å². The second-order valence-electron chi connectivity index (χ2n) is 4.59. The van der Waals surface area contributed by atoms with Gasteiger partial charge in [0.05, 0.1) is 0 Å². The summed E-state index contributed by atoms with van der Waals surface area (Å²) >= 11 is 5.64. The number of nitrogens with zero attached hydrogens (tertiary/aromatic N) is 3. The summed E-state index contributed by atoms with van der Waals surface area (Å²) in [6.45, 7) is 5.51. The van der Waals surface area contributed by atoms with Crippen molar-refractivity contribution in [3.63, 3.8) is 0 Å². The zero-order valence-corrected chi connectivity index (χ0v) is 10.6. The van der Waals surface area contributed by atoms with Crippen molar-refractivity contribution in [1.82, 2.24) is 10.2 Å². The Morgan fingerprint density at radius 3 is 2.94 bits per heavy atom. The van der Waals surface area contributed by atoms with Crippen LogP contribution in [0.1, 0.15) is 32.6 Å². The standard InChI is InChI=1S/C11H18ClN3O/c1-8-4-6-15(9(2)7-8)11-14-13-10(16-11)3-5-12/h8-9H,3-7H2,1-2H3. The minimum atomic E-state index is 0.480. The van der Waals surface area contributed by atoms with Crippen molar-refractivity contribution in [2.75, 3.05) is 17.3 Å². The van der Waals surface area contributed by atoms with Crippen LogP contribution in [0.5, 0.6) is 0 Å². The fraction of sp³-hybridized carbons (Fsp3) is 0.818. The summed E-state index contributed by atoms with van der Waals surface area (Å²) < 4.78 is 5.59. The molecule has 1 aliphatic rings. The molecule has 0 aromatic carbocycles. The van der Waals surface area contributed by atoms with Gasteiger partial charge < -0.3 is 9.32 Å². The van der Waals surface area contributed by atoms with Crippen LogP contribution in [0.2, 0.25) is 0 Å². The summed E-state index contributed by atoms with van der Waals surface area (Å²) in [6.07, 6.45) is 3.03. The first-order valence-electron chi connectivity index (χ1n) is 5.85. The van der Waals surface area contributed by atoms with Crippen molar-refractivity contribution in [3.05, 3.63) is 5.89 Å². The minimum Gasteiger partial charge on any atom is -0.408 e. The first kappa shape index (κ1) is 11.7. The second kappa shape index (κ2) is 5.04. The zero-order valence-electron chi connectivity index (χ0n) is 9.82. The molecular weight excluding hydrogens is 226 g/mol. The molecule has 1 fully saturated rings. The predicted octanol–water partition coefficient (Wildman–Crippen LogP) is 2.48. The van der Waals surface area contributed by atoms with Crippen LogP contribution in [-0.2, 0) is 6.42 Å². The van der Waals surface area contributed by atoms with Crippen LogP contribution >= 0.6 is 11.6 Å². The van der Waals surface area contributed by atoms with Crippen LogP contribution in [0.4, 0.5) is 6.01 Å². The maximum Gasteiger partial charge on any atom is 0.318 e. The van der Waals surface area contributed by atoms with Gasteiger partial charge in [0.1, 0.15) is 0 Å². The molecule has 5 heteroatoms. The van der Waals surface area contributed by atoms with E-state index in [4.69, 9.17) is 16.0 Å². The van der Waals surface area contributed by atoms with Gasteiger partial charge in [-0.1, -0.05) is 12.0 Å². The lowest BCUT2D eigenvalue weighted by Gasteiger charge is -2.34. The van der Waals surface area contributed by atoms with Gasteiger partial charge in [-0.15, -0.1) is 16.7 Å². The third kappa shape index (κ3) is 2.48. The Balaban J connectivity index is 2.05. The number of hydrogen-bond acceptors (Lipinski definition) is 4. The van der Waals surface area contributed by atoms with Crippen molar-refractivity contribution in [3.8, 4) is 0 Å². The predicted molar refractivity (Wildman–Crippen MR) is 63.9 cm³/mol. The molecule has 16 heavy (non-hydrogen) atoms. The van der Waals surface area contributed by atoms with E-state index in [1.54, 1.807) is 0 Å². The SMILES string of the molecule is CC1CCN(c2nnc(CCCl)o2)C(C)C1. The number of rotatable bonds is 3. The normalized spacial score (nSPS) is 26.1. The molecule has 0 saturated carbocycles. The Labute approximate surface area is 101 Å². The quantitative estimate of drug-likeness (QED) is 0.765. The van der Waals surface area contributed by atoms with E-state index in [1.807, 2.05) is 0 Å². The van der Waals surface area contributed by atoms with E-state index in [2.05, 4.69) is 28.9 Å². The molecule has 2 atom stereocenters. The average Bonchev–Trinajstić information content (AvgIpc) is 2.67. The van der Waals surface area contributed by atoms with Crippen molar-refractivity contribution in [1.29, 1.82) is 0 Å². The lowest BCUT2D eigenvalue weighted by Crippen LogP contribution is -2.40. The molecule has 1 aromatic rings. The molecule has 0 radical (unpaired) electrons. The maximum atomic E-state index is 5.64. The summed E-state index contributed by atoms with van der Waals surface area (Å²) in [5, 5.41) is 8.08. The number of anilines is 1. The number of aryl methyl sites for hydroxylation is 1. The van der Waals surface area contributed by atoms with Crippen LogP contribution in [0.15, 0.2) is 4.42 Å². The van der Waals surface area contributed by atoms with E-state index < -0.39 is 0 Å². The molecule has 0 spiro atoms. The Kier molecular flexibility index (Phi) is 3.69. The summed E-state index contributed by atoms with van der Waals surface area (Å²) in [6, 6.07) is 1.13. The van der Waals surface area contributed by atoms with Crippen molar-refractivity contribution in [2.45, 2.75) is 39.2 Å². The van der Waals surface area contributed by atoms with E-state index in [-0.39, 0.29) is 0 Å². The minimum absolute atomic E-state index is 0.480. The molecule has 0 amide bonds. The summed E-state index contributed by atoms with van der Waals surface area (Å²) in [4.78, 5) is 2.20. The Morgan fingerprint density at radius 1 is 1.44 bits per heavy atom. The molecule has 4 nitrogen and oxygen atoms in total. The van der Waals surface area contributed by atoms with Gasteiger partial charge in [0, 0.05) is 24.9 Å². The number of hydrogen-bond donors (Lipinski definition) is 0. The van der Waals surface area contributed by atoms with Gasteiger partial charge >= 0.3 is 6.01 Å². The van der Waals surface area contributed by atoms with Gasteiger partial charge in [0.25, 0.3) is 0 Å². The number of alkyl halides is 1. The van der Waals surface area contributed by atoms with E-state index in [0.29, 0.717) is 30.2 Å². The van der Waals surface area contributed by atoms with Crippen molar-refractivity contribution >= 4 is 17.6 Å². The summed E-state index contributed by atoms with van der Waals surface area (Å²) in [5.41, 5.74) is 0. The third-order valence-corrected chi connectivity index (χ3v) is 3.34. The van der Waals surface area contributed by atoms with E-state index in [9.17, 15) is 0 Å². The third-order valence-electron chi connectivity index (χ3n) is 3.15. The highest BCUT2D eigenvalue weighted by atomic mass is 35.5. The van der Waals surface area contributed by atoms with Gasteiger partial charge in [-0.25, -0.2) is 0 Å². The maximum absolute atomic E-state index is 5.64. The molecule has 1 saturated heterocycles. The van der Waals surface area contributed by atoms with Gasteiger partial charge in [-0.2, -0.15) is 0 Å². The molecule has 1 aromatic heterocycles. The summed E-state index contributed by atoms with van der Waals surface area (Å²) in [7, 11) is 0. The topological polar surface area (TPSA) is 42.2 Å². The zero-order chi connectivity index (χ0) is 11.5. The molecule has 2 unspecified atom stereocenters. The lowest BCUT2D eigenvalue weighted by atomic mass is 9.94. The monoisotopic (exact) mass is 243 g/mol. The van der Waals surface area contributed by atoms with Gasteiger partial charge in [-0.3, -0.25) is 0 Å². The number of piperidine rings is 1. The molecule has 2 heterocycles.